The molecule has 0 bridgehead atoms. The Labute approximate surface area is 132 Å². The number of aldehydes is 1. The summed E-state index contributed by atoms with van der Waals surface area (Å²) in [5.41, 5.74) is 5.82. The topological polar surface area (TPSA) is 49.6 Å². The highest BCUT2D eigenvalue weighted by atomic mass is 16.1. The fraction of sp³-hybridized carbons (Fsp3) is 0.588. The predicted molar refractivity (Wildman–Crippen MR) is 95.4 cm³/mol. The van der Waals surface area contributed by atoms with Gasteiger partial charge in [0, 0.05) is 31.9 Å². The van der Waals surface area contributed by atoms with Gasteiger partial charge in [0.05, 0.1) is 0 Å². The van der Waals surface area contributed by atoms with E-state index in [9.17, 15) is 0 Å². The van der Waals surface area contributed by atoms with Crippen LogP contribution in [0.3, 0.4) is 0 Å². The Balaban J connectivity index is -0.000000228. The summed E-state index contributed by atoms with van der Waals surface area (Å²) >= 11 is 0. The van der Waals surface area contributed by atoms with Gasteiger partial charge in [-0.1, -0.05) is 25.7 Å². The van der Waals surface area contributed by atoms with Crippen molar-refractivity contribution < 1.29 is 4.79 Å². The number of hydrogen-bond acceptors (Lipinski definition) is 4. The average Bonchev–Trinajstić information content (AvgIpc) is 2.42. The largest absolute Gasteiger partial charge is 0.399 e. The van der Waals surface area contributed by atoms with E-state index in [1.54, 1.807) is 12.2 Å². The number of carbonyl (C=O) groups is 1. The van der Waals surface area contributed by atoms with Gasteiger partial charge in [0.15, 0.2) is 0 Å². The fourth-order valence-electron chi connectivity index (χ4n) is 1.18. The monoisotopic (exact) mass is 297 g/mol. The molecule has 124 valence electrons. The minimum atomic E-state index is 0.627. The molecule has 21 heavy (non-hydrogen) atoms. The number of allylic oxidation sites excluding steroid dienone is 3. The summed E-state index contributed by atoms with van der Waals surface area (Å²) in [6.07, 6.45) is 7.30. The van der Waals surface area contributed by atoms with Crippen molar-refractivity contribution in [1.29, 1.82) is 0 Å². The molecule has 0 aliphatic carbocycles. The zero-order valence-electron chi connectivity index (χ0n) is 14.6. The number of rotatable bonds is 2. The second-order valence-corrected chi connectivity index (χ2v) is 4.64. The van der Waals surface area contributed by atoms with Crippen LogP contribution in [0.4, 0.5) is 0 Å². The highest BCUT2D eigenvalue weighted by Crippen LogP contribution is 1.93. The van der Waals surface area contributed by atoms with Crippen molar-refractivity contribution in [2.45, 2.75) is 27.2 Å². The summed E-state index contributed by atoms with van der Waals surface area (Å²) in [4.78, 5) is 13.5. The van der Waals surface area contributed by atoms with Gasteiger partial charge in [0.25, 0.3) is 0 Å². The van der Waals surface area contributed by atoms with Gasteiger partial charge in [-0.05, 0) is 40.4 Å². The number of likely N-dealkylation sites (N-methyl/N-ethyl adjacent to an activating group) is 2. The molecule has 0 radical (unpaired) electrons. The van der Waals surface area contributed by atoms with Gasteiger partial charge < -0.3 is 20.3 Å². The third-order valence-corrected chi connectivity index (χ3v) is 2.29. The molecule has 0 aromatic heterocycles. The van der Waals surface area contributed by atoms with E-state index in [0.717, 1.165) is 12.7 Å². The molecule has 0 spiro atoms. The molecule has 1 fully saturated rings. The summed E-state index contributed by atoms with van der Waals surface area (Å²) in [6, 6.07) is 0. The van der Waals surface area contributed by atoms with Crippen LogP contribution < -0.4 is 5.73 Å². The molecule has 1 heterocycles. The van der Waals surface area contributed by atoms with Crippen molar-refractivity contribution in [3.63, 3.8) is 0 Å². The minimum Gasteiger partial charge on any atom is -0.399 e. The lowest BCUT2D eigenvalue weighted by atomic mass is 10.4. The second-order valence-electron chi connectivity index (χ2n) is 4.64. The Morgan fingerprint density at radius 3 is 1.57 bits per heavy atom. The SMILES string of the molecule is C=C(N)/C=C\CC.C=CC.CC=O.CN1CCN(C)CC1. The van der Waals surface area contributed by atoms with E-state index < -0.39 is 0 Å². The lowest BCUT2D eigenvalue weighted by Crippen LogP contribution is -2.42. The van der Waals surface area contributed by atoms with Gasteiger partial charge in [0.2, 0.25) is 0 Å². The van der Waals surface area contributed by atoms with Gasteiger partial charge in [-0.3, -0.25) is 0 Å². The standard InChI is InChI=1S/C6H14N2.C6H11N.C3H6.C2H4O/c1-7-3-5-8(2)6-4-7;1-3-4-5-6(2)7;1-3-2;1-2-3/h3-6H2,1-2H3;4-5H,2-3,7H2,1H3;3H,1H2,2H3;2H,1H3/b;5-4-;;. The first-order chi connectivity index (χ1) is 9.89. The molecule has 4 nitrogen and oxygen atoms in total. The third kappa shape index (κ3) is 32.3. The minimum absolute atomic E-state index is 0.627. The zero-order valence-corrected chi connectivity index (χ0v) is 14.6. The highest BCUT2D eigenvalue weighted by molar-refractivity contribution is 5.44. The molecule has 1 aliphatic rings. The average molecular weight is 297 g/mol. The van der Waals surface area contributed by atoms with Gasteiger partial charge in [-0.25, -0.2) is 0 Å². The van der Waals surface area contributed by atoms with Gasteiger partial charge in [-0.15, -0.1) is 6.58 Å². The first-order valence-corrected chi connectivity index (χ1v) is 7.34. The van der Waals surface area contributed by atoms with Crippen molar-refractivity contribution in [1.82, 2.24) is 9.80 Å². The highest BCUT2D eigenvalue weighted by Gasteiger charge is 2.07. The maximum Gasteiger partial charge on any atom is 0.116 e. The first kappa shape index (κ1) is 24.6. The molecule has 0 saturated carbocycles. The number of hydrogen-bond donors (Lipinski definition) is 1. The zero-order chi connectivity index (χ0) is 17.1. The molecular weight excluding hydrogens is 262 g/mol. The van der Waals surface area contributed by atoms with E-state index in [0.29, 0.717) is 5.70 Å². The van der Waals surface area contributed by atoms with Crippen LogP contribution in [0.15, 0.2) is 37.1 Å². The first-order valence-electron chi connectivity index (χ1n) is 7.34. The smallest absolute Gasteiger partial charge is 0.116 e. The van der Waals surface area contributed by atoms with E-state index in [2.05, 4.69) is 44.0 Å². The Bertz CT molecular complexity index is 251. The Hall–Kier alpha value is -1.39. The van der Waals surface area contributed by atoms with Crippen molar-refractivity contribution in [3.05, 3.63) is 37.1 Å². The summed E-state index contributed by atoms with van der Waals surface area (Å²) in [5, 5.41) is 0. The van der Waals surface area contributed by atoms with Crippen molar-refractivity contribution in [2.75, 3.05) is 40.3 Å². The molecule has 0 atom stereocenters. The van der Waals surface area contributed by atoms with E-state index in [1.807, 2.05) is 13.0 Å². The summed E-state index contributed by atoms with van der Waals surface area (Å²) in [6.45, 7) is 17.2. The second kappa shape index (κ2) is 20.9. The fourth-order valence-corrected chi connectivity index (χ4v) is 1.18. The quantitative estimate of drug-likeness (QED) is 0.484. The molecular formula is C17H35N3O. The van der Waals surface area contributed by atoms with E-state index in [-0.39, 0.29) is 0 Å². The normalized spacial score (nSPS) is 14.5. The van der Waals surface area contributed by atoms with Crippen LogP contribution in [-0.2, 0) is 4.79 Å². The molecule has 4 heteroatoms. The van der Waals surface area contributed by atoms with E-state index >= 15 is 0 Å². The summed E-state index contributed by atoms with van der Waals surface area (Å²) in [5.74, 6) is 0. The molecule has 0 amide bonds. The van der Waals surface area contributed by atoms with Crippen LogP contribution in [0.25, 0.3) is 0 Å². The maximum absolute atomic E-state index is 8.81. The molecule has 2 N–H and O–H groups in total. The predicted octanol–water partition coefficient (Wildman–Crippen LogP) is 2.69. The van der Waals surface area contributed by atoms with Crippen LogP contribution >= 0.6 is 0 Å². The van der Waals surface area contributed by atoms with E-state index in [4.69, 9.17) is 10.5 Å². The molecule has 0 aromatic rings. The van der Waals surface area contributed by atoms with Crippen LogP contribution in [0, 0.1) is 0 Å². The van der Waals surface area contributed by atoms with Crippen molar-refractivity contribution in [3.8, 4) is 0 Å². The van der Waals surface area contributed by atoms with Crippen LogP contribution in [0.2, 0.25) is 0 Å². The van der Waals surface area contributed by atoms with Crippen molar-refractivity contribution in [2.24, 2.45) is 5.73 Å². The molecule has 1 saturated heterocycles. The third-order valence-electron chi connectivity index (χ3n) is 2.29. The molecule has 0 unspecified atom stereocenters. The Morgan fingerprint density at radius 1 is 1.14 bits per heavy atom. The number of nitrogens with zero attached hydrogens (tertiary/aromatic N) is 2. The van der Waals surface area contributed by atoms with Gasteiger partial charge in [0.1, 0.15) is 6.29 Å². The maximum atomic E-state index is 8.81. The van der Waals surface area contributed by atoms with E-state index in [1.165, 1.54) is 33.1 Å². The Morgan fingerprint density at radius 2 is 1.43 bits per heavy atom. The summed E-state index contributed by atoms with van der Waals surface area (Å²) < 4.78 is 0. The molecule has 1 aliphatic heterocycles. The lowest BCUT2D eigenvalue weighted by Gasteiger charge is -2.28. The van der Waals surface area contributed by atoms with Crippen LogP contribution in [-0.4, -0.2) is 56.4 Å². The van der Waals surface area contributed by atoms with Crippen LogP contribution in [0.5, 0.6) is 0 Å². The lowest BCUT2D eigenvalue weighted by molar-refractivity contribution is -0.106. The van der Waals surface area contributed by atoms with Gasteiger partial charge >= 0.3 is 0 Å². The number of piperazine rings is 1. The molecule has 1 rings (SSSR count). The van der Waals surface area contributed by atoms with Crippen LogP contribution in [0.1, 0.15) is 27.2 Å². The Kier molecular flexibility index (Phi) is 24.5. The summed E-state index contributed by atoms with van der Waals surface area (Å²) in [7, 11) is 4.35. The van der Waals surface area contributed by atoms with Gasteiger partial charge in [-0.2, -0.15) is 0 Å². The molecule has 0 aromatic carbocycles. The number of nitrogens with two attached hydrogens (primary N) is 1. The van der Waals surface area contributed by atoms with Crippen molar-refractivity contribution >= 4 is 6.29 Å². The number of carbonyl (C=O) groups excluding carboxylic acids is 1.